The van der Waals surface area contributed by atoms with Gasteiger partial charge in [-0.25, -0.2) is 9.48 Å². The molecule has 4 aromatic rings. The Kier molecular flexibility index (Phi) is 4.46. The molecule has 0 saturated heterocycles. The first-order valence-corrected chi connectivity index (χ1v) is 9.21. The van der Waals surface area contributed by atoms with E-state index >= 15 is 0 Å². The summed E-state index contributed by atoms with van der Waals surface area (Å²) in [6, 6.07) is 16.0. The second-order valence-electron chi connectivity index (χ2n) is 5.65. The molecule has 2 aromatic heterocycles. The van der Waals surface area contributed by atoms with Crippen LogP contribution in [0.1, 0.15) is 17.4 Å². The molecule has 0 atom stereocenters. The van der Waals surface area contributed by atoms with E-state index in [1.165, 1.54) is 0 Å². The number of H-pyrrole nitrogens is 1. The van der Waals surface area contributed by atoms with Gasteiger partial charge in [-0.1, -0.05) is 24.3 Å². The van der Waals surface area contributed by atoms with Crippen molar-refractivity contribution in [2.45, 2.75) is 6.92 Å². The van der Waals surface area contributed by atoms with Crippen molar-refractivity contribution in [1.29, 1.82) is 0 Å². The Labute approximate surface area is 163 Å². The fourth-order valence-corrected chi connectivity index (χ4v) is 3.59. The van der Waals surface area contributed by atoms with Crippen LogP contribution in [0.4, 0.5) is 0 Å². The highest BCUT2D eigenvalue weighted by Gasteiger charge is 2.19. The highest BCUT2D eigenvalue weighted by molar-refractivity contribution is 14.1. The van der Waals surface area contributed by atoms with E-state index in [1.54, 1.807) is 6.92 Å². The minimum Gasteiger partial charge on any atom is -0.461 e. The Morgan fingerprint density at radius 1 is 1.23 bits per heavy atom. The molecule has 7 heteroatoms. The number of para-hydroxylation sites is 1. The summed E-state index contributed by atoms with van der Waals surface area (Å²) in [4.78, 5) is 12.0. The van der Waals surface area contributed by atoms with Crippen molar-refractivity contribution >= 4 is 39.5 Å². The van der Waals surface area contributed by atoms with Crippen LogP contribution < -0.4 is 0 Å². The van der Waals surface area contributed by atoms with Gasteiger partial charge in [0.25, 0.3) is 0 Å². The SMILES string of the molecule is CCOC(=O)c1[nH]nc(-c2ccc3c(cnn3-c3ccccc3)c2)c1I. The number of fused-ring (bicyclic) bond motifs is 1. The van der Waals surface area contributed by atoms with Crippen molar-refractivity contribution in [3.63, 3.8) is 0 Å². The summed E-state index contributed by atoms with van der Waals surface area (Å²) in [5.74, 6) is -0.395. The topological polar surface area (TPSA) is 72.8 Å². The quantitative estimate of drug-likeness (QED) is 0.368. The number of benzene rings is 2. The van der Waals surface area contributed by atoms with Crippen LogP contribution in [-0.2, 0) is 4.74 Å². The van der Waals surface area contributed by atoms with Gasteiger partial charge in [0.15, 0.2) is 5.69 Å². The molecular weight excluding hydrogens is 443 g/mol. The second-order valence-corrected chi connectivity index (χ2v) is 6.73. The molecule has 130 valence electrons. The maximum atomic E-state index is 12.0. The number of nitrogens with one attached hydrogen (secondary N) is 1. The maximum absolute atomic E-state index is 12.0. The molecule has 0 amide bonds. The third kappa shape index (κ3) is 2.88. The van der Waals surface area contributed by atoms with Crippen molar-refractivity contribution in [3.05, 3.63) is 64.0 Å². The fourth-order valence-electron chi connectivity index (χ4n) is 2.81. The van der Waals surface area contributed by atoms with Crippen LogP contribution in [0.25, 0.3) is 27.8 Å². The standard InChI is InChI=1S/C19H15IN4O2/c1-2-26-19(25)18-16(20)17(22-23-18)12-8-9-15-13(10-12)11-21-24(15)14-6-4-3-5-7-14/h3-11H,2H2,1H3,(H,22,23). The number of aromatic nitrogens is 4. The summed E-state index contributed by atoms with van der Waals surface area (Å²) in [6.45, 7) is 2.11. The van der Waals surface area contributed by atoms with E-state index in [1.807, 2.05) is 59.4 Å². The summed E-state index contributed by atoms with van der Waals surface area (Å²) in [5, 5.41) is 12.6. The van der Waals surface area contributed by atoms with Crippen LogP contribution >= 0.6 is 22.6 Å². The normalized spacial score (nSPS) is 11.0. The predicted octanol–water partition coefficient (Wildman–Crippen LogP) is 4.20. The molecule has 0 fully saturated rings. The van der Waals surface area contributed by atoms with Crippen molar-refractivity contribution in [3.8, 4) is 16.9 Å². The minimum absolute atomic E-state index is 0.327. The lowest BCUT2D eigenvalue weighted by atomic mass is 10.1. The molecule has 0 aliphatic carbocycles. The molecule has 0 radical (unpaired) electrons. The number of carbonyl (C=O) groups is 1. The number of hydrogen-bond acceptors (Lipinski definition) is 4. The fraction of sp³-hybridized carbons (Fsp3) is 0.105. The lowest BCUT2D eigenvalue weighted by Crippen LogP contribution is -2.06. The third-order valence-corrected chi connectivity index (χ3v) is 5.08. The van der Waals surface area contributed by atoms with Gasteiger partial charge < -0.3 is 4.74 Å². The van der Waals surface area contributed by atoms with Crippen LogP contribution in [-0.4, -0.2) is 32.6 Å². The van der Waals surface area contributed by atoms with Gasteiger partial charge >= 0.3 is 5.97 Å². The van der Waals surface area contributed by atoms with Crippen molar-refractivity contribution in [2.24, 2.45) is 0 Å². The molecule has 0 saturated carbocycles. The zero-order valence-corrected chi connectivity index (χ0v) is 16.1. The lowest BCUT2D eigenvalue weighted by Gasteiger charge is -2.04. The predicted molar refractivity (Wildman–Crippen MR) is 107 cm³/mol. The first-order chi connectivity index (χ1) is 12.7. The van der Waals surface area contributed by atoms with Crippen molar-refractivity contribution in [2.75, 3.05) is 6.61 Å². The number of rotatable bonds is 4. The number of halogens is 1. The Morgan fingerprint density at radius 2 is 2.04 bits per heavy atom. The molecule has 6 nitrogen and oxygen atoms in total. The molecule has 2 aromatic carbocycles. The Morgan fingerprint density at radius 3 is 2.81 bits per heavy atom. The highest BCUT2D eigenvalue weighted by atomic mass is 127. The maximum Gasteiger partial charge on any atom is 0.357 e. The van der Waals surface area contributed by atoms with Gasteiger partial charge in [-0.15, -0.1) is 0 Å². The van der Waals surface area contributed by atoms with E-state index < -0.39 is 5.97 Å². The molecule has 0 aliphatic heterocycles. The van der Waals surface area contributed by atoms with Crippen LogP contribution in [0, 0.1) is 3.57 Å². The van der Waals surface area contributed by atoms with Crippen LogP contribution in [0.3, 0.4) is 0 Å². The summed E-state index contributed by atoms with van der Waals surface area (Å²) < 4.78 is 7.70. The first-order valence-electron chi connectivity index (χ1n) is 8.13. The average molecular weight is 458 g/mol. The molecule has 0 unspecified atom stereocenters. The zero-order valence-electron chi connectivity index (χ0n) is 13.9. The van der Waals surface area contributed by atoms with Gasteiger partial charge in [-0.05, 0) is 53.8 Å². The molecule has 0 bridgehead atoms. The number of aromatic amines is 1. The Balaban J connectivity index is 1.75. The van der Waals surface area contributed by atoms with E-state index in [0.29, 0.717) is 12.3 Å². The summed E-state index contributed by atoms with van der Waals surface area (Å²) >= 11 is 2.12. The smallest absolute Gasteiger partial charge is 0.357 e. The van der Waals surface area contributed by atoms with Gasteiger partial charge in [0, 0.05) is 10.9 Å². The largest absolute Gasteiger partial charge is 0.461 e. The van der Waals surface area contributed by atoms with Crippen molar-refractivity contribution in [1.82, 2.24) is 20.0 Å². The lowest BCUT2D eigenvalue weighted by molar-refractivity contribution is 0.0518. The number of esters is 1. The van der Waals surface area contributed by atoms with E-state index in [-0.39, 0.29) is 0 Å². The molecular formula is C19H15IN4O2. The van der Waals surface area contributed by atoms with Gasteiger partial charge in [0.05, 0.1) is 27.6 Å². The number of nitrogens with zero attached hydrogens (tertiary/aromatic N) is 3. The summed E-state index contributed by atoms with van der Waals surface area (Å²) in [6.07, 6.45) is 1.83. The van der Waals surface area contributed by atoms with Crippen LogP contribution in [0.5, 0.6) is 0 Å². The van der Waals surface area contributed by atoms with E-state index in [4.69, 9.17) is 4.74 Å². The van der Waals surface area contributed by atoms with Gasteiger partial charge in [0.2, 0.25) is 0 Å². The Hall–Kier alpha value is -2.68. The highest BCUT2D eigenvalue weighted by Crippen LogP contribution is 2.29. The number of hydrogen-bond donors (Lipinski definition) is 1. The monoisotopic (exact) mass is 458 g/mol. The molecule has 4 rings (SSSR count). The minimum atomic E-state index is -0.395. The molecule has 2 heterocycles. The van der Waals surface area contributed by atoms with E-state index in [2.05, 4.69) is 37.9 Å². The number of carbonyl (C=O) groups excluding carboxylic acids is 1. The van der Waals surface area contributed by atoms with Crippen LogP contribution in [0.2, 0.25) is 0 Å². The first kappa shape index (κ1) is 16.8. The van der Waals surface area contributed by atoms with Gasteiger partial charge in [0.1, 0.15) is 5.69 Å². The molecule has 1 N–H and O–H groups in total. The van der Waals surface area contributed by atoms with E-state index in [9.17, 15) is 4.79 Å². The van der Waals surface area contributed by atoms with Crippen molar-refractivity contribution < 1.29 is 9.53 Å². The van der Waals surface area contributed by atoms with Gasteiger partial charge in [-0.3, -0.25) is 5.10 Å². The molecule has 0 spiro atoms. The third-order valence-electron chi connectivity index (χ3n) is 4.03. The van der Waals surface area contributed by atoms with Crippen LogP contribution in [0.15, 0.2) is 54.7 Å². The molecule has 26 heavy (non-hydrogen) atoms. The average Bonchev–Trinajstić information content (AvgIpc) is 3.25. The zero-order chi connectivity index (χ0) is 18.1. The number of ether oxygens (including phenoxy) is 1. The van der Waals surface area contributed by atoms with Gasteiger partial charge in [-0.2, -0.15) is 10.2 Å². The summed E-state index contributed by atoms with van der Waals surface area (Å²) in [7, 11) is 0. The summed E-state index contributed by atoms with van der Waals surface area (Å²) in [5.41, 5.74) is 4.04. The van der Waals surface area contributed by atoms with E-state index in [0.717, 1.165) is 31.4 Å². The Bertz CT molecular complexity index is 1090. The second kappa shape index (κ2) is 6.91. The molecule has 0 aliphatic rings.